The summed E-state index contributed by atoms with van der Waals surface area (Å²) in [5.74, 6) is 1.93. The highest BCUT2D eigenvalue weighted by molar-refractivity contribution is 7.13. The van der Waals surface area contributed by atoms with Crippen LogP contribution in [-0.4, -0.2) is 21.3 Å². The van der Waals surface area contributed by atoms with Crippen LogP contribution in [0.3, 0.4) is 0 Å². The monoisotopic (exact) mass is 264 g/mol. The minimum absolute atomic E-state index is 0.798. The van der Waals surface area contributed by atoms with E-state index in [1.165, 1.54) is 12.8 Å². The second-order valence-corrected chi connectivity index (χ2v) is 5.35. The predicted molar refractivity (Wildman–Crippen MR) is 75.5 cm³/mol. The fourth-order valence-corrected chi connectivity index (χ4v) is 2.58. The maximum absolute atomic E-state index is 5.48. The first-order chi connectivity index (χ1) is 8.81. The third kappa shape index (κ3) is 3.40. The molecule has 98 valence electrons. The van der Waals surface area contributed by atoms with Gasteiger partial charge in [0.05, 0.1) is 4.88 Å². The van der Waals surface area contributed by atoms with Crippen molar-refractivity contribution in [2.75, 3.05) is 6.54 Å². The SMILES string of the molecule is Cn1nc(-c2cccs2)nc1CCCCCCN. The van der Waals surface area contributed by atoms with E-state index >= 15 is 0 Å². The van der Waals surface area contributed by atoms with Gasteiger partial charge in [-0.2, -0.15) is 5.10 Å². The summed E-state index contributed by atoms with van der Waals surface area (Å²) in [7, 11) is 1.97. The van der Waals surface area contributed by atoms with Gasteiger partial charge in [0.2, 0.25) is 0 Å². The van der Waals surface area contributed by atoms with E-state index in [9.17, 15) is 0 Å². The van der Waals surface area contributed by atoms with Gasteiger partial charge in [0.1, 0.15) is 5.82 Å². The van der Waals surface area contributed by atoms with Crippen LogP contribution >= 0.6 is 11.3 Å². The summed E-state index contributed by atoms with van der Waals surface area (Å²) in [6.45, 7) is 0.798. The van der Waals surface area contributed by atoms with Crippen LogP contribution < -0.4 is 5.73 Å². The van der Waals surface area contributed by atoms with Gasteiger partial charge in [-0.3, -0.25) is 4.68 Å². The molecule has 2 aromatic heterocycles. The number of thiophene rings is 1. The molecule has 5 heteroatoms. The molecule has 4 nitrogen and oxygen atoms in total. The van der Waals surface area contributed by atoms with E-state index in [1.54, 1.807) is 11.3 Å². The number of hydrogen-bond acceptors (Lipinski definition) is 4. The van der Waals surface area contributed by atoms with Gasteiger partial charge in [0.15, 0.2) is 5.82 Å². The van der Waals surface area contributed by atoms with Crippen molar-refractivity contribution in [2.45, 2.75) is 32.1 Å². The van der Waals surface area contributed by atoms with Crippen LogP contribution in [0.1, 0.15) is 31.5 Å². The average molecular weight is 264 g/mol. The Bertz CT molecular complexity index is 461. The van der Waals surface area contributed by atoms with E-state index in [-0.39, 0.29) is 0 Å². The minimum Gasteiger partial charge on any atom is -0.330 e. The molecule has 0 fully saturated rings. The van der Waals surface area contributed by atoms with Crippen molar-refractivity contribution in [3.8, 4) is 10.7 Å². The second kappa shape index (κ2) is 6.66. The maximum Gasteiger partial charge on any atom is 0.191 e. The number of hydrogen-bond donors (Lipinski definition) is 1. The Morgan fingerprint density at radius 2 is 2.11 bits per heavy atom. The van der Waals surface area contributed by atoms with Crippen molar-refractivity contribution in [3.63, 3.8) is 0 Å². The number of aryl methyl sites for hydroxylation is 2. The molecule has 0 unspecified atom stereocenters. The normalized spacial score (nSPS) is 11.0. The molecule has 0 bridgehead atoms. The number of nitrogens with two attached hydrogens (primary N) is 1. The molecule has 0 saturated carbocycles. The molecule has 2 heterocycles. The van der Waals surface area contributed by atoms with E-state index in [0.717, 1.165) is 42.3 Å². The van der Waals surface area contributed by atoms with Crippen molar-refractivity contribution < 1.29 is 0 Å². The zero-order chi connectivity index (χ0) is 12.8. The first-order valence-electron chi connectivity index (χ1n) is 6.45. The molecule has 2 rings (SSSR count). The van der Waals surface area contributed by atoms with Crippen molar-refractivity contribution in [1.29, 1.82) is 0 Å². The lowest BCUT2D eigenvalue weighted by Gasteiger charge is -1.99. The molecule has 0 spiro atoms. The zero-order valence-corrected chi connectivity index (χ0v) is 11.6. The number of aromatic nitrogens is 3. The van der Waals surface area contributed by atoms with Crippen LogP contribution in [0.4, 0.5) is 0 Å². The van der Waals surface area contributed by atoms with E-state index in [2.05, 4.69) is 21.5 Å². The second-order valence-electron chi connectivity index (χ2n) is 4.41. The Kier molecular flexibility index (Phi) is 4.90. The predicted octanol–water partition coefficient (Wildman–Crippen LogP) is 2.61. The van der Waals surface area contributed by atoms with Crippen LogP contribution in [0, 0.1) is 0 Å². The fraction of sp³-hybridized carbons (Fsp3) is 0.538. The number of rotatable bonds is 7. The van der Waals surface area contributed by atoms with E-state index in [4.69, 9.17) is 5.73 Å². The molecular formula is C13H20N4S. The van der Waals surface area contributed by atoms with Crippen LogP contribution in [0.15, 0.2) is 17.5 Å². The molecule has 0 amide bonds. The summed E-state index contributed by atoms with van der Waals surface area (Å²) in [5, 5.41) is 6.52. The van der Waals surface area contributed by atoms with Gasteiger partial charge in [-0.05, 0) is 30.8 Å². The highest BCUT2D eigenvalue weighted by Crippen LogP contribution is 2.21. The average Bonchev–Trinajstić information content (AvgIpc) is 2.99. The van der Waals surface area contributed by atoms with Crippen molar-refractivity contribution in [1.82, 2.24) is 14.8 Å². The molecule has 0 aliphatic heterocycles. The molecule has 0 radical (unpaired) electrons. The van der Waals surface area contributed by atoms with Crippen LogP contribution in [0.5, 0.6) is 0 Å². The van der Waals surface area contributed by atoms with E-state index in [1.807, 2.05) is 17.8 Å². The molecule has 0 aromatic carbocycles. The highest BCUT2D eigenvalue weighted by atomic mass is 32.1. The van der Waals surface area contributed by atoms with Crippen LogP contribution in [0.2, 0.25) is 0 Å². The van der Waals surface area contributed by atoms with E-state index < -0.39 is 0 Å². The Labute approximate surface area is 112 Å². The largest absolute Gasteiger partial charge is 0.330 e. The van der Waals surface area contributed by atoms with Crippen LogP contribution in [-0.2, 0) is 13.5 Å². The Hall–Kier alpha value is -1.20. The minimum atomic E-state index is 0.798. The lowest BCUT2D eigenvalue weighted by atomic mass is 10.1. The standard InChI is InChI=1S/C13H20N4S/c1-17-12(8-4-2-3-5-9-14)15-13(16-17)11-7-6-10-18-11/h6-7,10H,2-5,8-9,14H2,1H3. The summed E-state index contributed by atoms with van der Waals surface area (Å²) in [6.07, 6.45) is 5.72. The molecule has 2 aromatic rings. The first kappa shape index (κ1) is 13.2. The molecular weight excluding hydrogens is 244 g/mol. The smallest absolute Gasteiger partial charge is 0.191 e. The van der Waals surface area contributed by atoms with Gasteiger partial charge in [-0.15, -0.1) is 11.3 Å². The van der Waals surface area contributed by atoms with Gasteiger partial charge >= 0.3 is 0 Å². The Morgan fingerprint density at radius 3 is 2.83 bits per heavy atom. The summed E-state index contributed by atoms with van der Waals surface area (Å²) in [5.41, 5.74) is 5.48. The van der Waals surface area contributed by atoms with Gasteiger partial charge in [-0.1, -0.05) is 18.9 Å². The topological polar surface area (TPSA) is 56.7 Å². The van der Waals surface area contributed by atoms with Gasteiger partial charge in [0.25, 0.3) is 0 Å². The zero-order valence-electron chi connectivity index (χ0n) is 10.8. The van der Waals surface area contributed by atoms with E-state index in [0.29, 0.717) is 0 Å². The summed E-state index contributed by atoms with van der Waals surface area (Å²) < 4.78 is 1.90. The van der Waals surface area contributed by atoms with Gasteiger partial charge in [0, 0.05) is 13.5 Å². The molecule has 0 aliphatic rings. The van der Waals surface area contributed by atoms with Crippen molar-refractivity contribution in [3.05, 3.63) is 23.3 Å². The Morgan fingerprint density at radius 1 is 1.28 bits per heavy atom. The third-order valence-electron chi connectivity index (χ3n) is 2.95. The van der Waals surface area contributed by atoms with Gasteiger partial charge < -0.3 is 5.73 Å². The van der Waals surface area contributed by atoms with Crippen molar-refractivity contribution in [2.24, 2.45) is 12.8 Å². The molecule has 0 saturated heterocycles. The summed E-state index contributed by atoms with van der Waals surface area (Å²) >= 11 is 1.68. The third-order valence-corrected chi connectivity index (χ3v) is 3.82. The summed E-state index contributed by atoms with van der Waals surface area (Å²) in [6, 6.07) is 4.09. The molecule has 2 N–H and O–H groups in total. The summed E-state index contributed by atoms with van der Waals surface area (Å²) in [4.78, 5) is 5.75. The lowest BCUT2D eigenvalue weighted by molar-refractivity contribution is 0.612. The molecule has 0 atom stereocenters. The lowest BCUT2D eigenvalue weighted by Crippen LogP contribution is -2.00. The first-order valence-corrected chi connectivity index (χ1v) is 7.33. The number of nitrogens with zero attached hydrogens (tertiary/aromatic N) is 3. The number of unbranched alkanes of at least 4 members (excludes halogenated alkanes) is 3. The van der Waals surface area contributed by atoms with Crippen LogP contribution in [0.25, 0.3) is 10.7 Å². The highest BCUT2D eigenvalue weighted by Gasteiger charge is 2.09. The van der Waals surface area contributed by atoms with Gasteiger partial charge in [-0.25, -0.2) is 4.98 Å². The maximum atomic E-state index is 5.48. The molecule has 0 aliphatic carbocycles. The Balaban J connectivity index is 1.89. The van der Waals surface area contributed by atoms with Crippen molar-refractivity contribution >= 4 is 11.3 Å². The fourth-order valence-electron chi connectivity index (χ4n) is 1.93. The quantitative estimate of drug-likeness (QED) is 0.782. The molecule has 18 heavy (non-hydrogen) atoms.